The third kappa shape index (κ3) is 4.16. The minimum absolute atomic E-state index is 0.0295. The van der Waals surface area contributed by atoms with Gasteiger partial charge in [-0.1, -0.05) is 0 Å². The van der Waals surface area contributed by atoms with Crippen LogP contribution in [0, 0.1) is 5.82 Å². The maximum Gasteiger partial charge on any atom is 0.123 e. The second kappa shape index (κ2) is 4.80. The van der Waals surface area contributed by atoms with E-state index in [9.17, 15) is 14.6 Å². The van der Waals surface area contributed by atoms with Crippen molar-refractivity contribution >= 4 is 0 Å². The van der Waals surface area contributed by atoms with Crippen LogP contribution in [0.25, 0.3) is 0 Å². The van der Waals surface area contributed by atoms with Crippen molar-refractivity contribution in [1.29, 1.82) is 0 Å². The van der Waals surface area contributed by atoms with Crippen molar-refractivity contribution in [2.45, 2.75) is 12.5 Å². The summed E-state index contributed by atoms with van der Waals surface area (Å²) in [6, 6.07) is 3.77. The first-order valence-corrected chi connectivity index (χ1v) is 5.24. The second-order valence-electron chi connectivity index (χ2n) is 5.10. The Morgan fingerprint density at radius 2 is 1.94 bits per heavy atom. The first kappa shape index (κ1) is 12.9. The Balaban J connectivity index is 2.69. The number of phenols is 1. The molecule has 1 unspecified atom stereocenters. The summed E-state index contributed by atoms with van der Waals surface area (Å²) >= 11 is 0. The van der Waals surface area contributed by atoms with Crippen molar-refractivity contribution in [1.82, 2.24) is 0 Å². The Hall–Kier alpha value is -1.13. The molecule has 0 aliphatic carbocycles. The van der Waals surface area contributed by atoms with E-state index in [0.29, 0.717) is 16.6 Å². The summed E-state index contributed by atoms with van der Waals surface area (Å²) in [6.07, 6.45) is -0.327. The van der Waals surface area contributed by atoms with Gasteiger partial charge in [-0.15, -0.1) is 0 Å². The molecule has 3 nitrogen and oxygen atoms in total. The highest BCUT2D eigenvalue weighted by Crippen LogP contribution is 2.19. The van der Waals surface area contributed by atoms with Gasteiger partial charge < -0.3 is 14.7 Å². The SMILES string of the molecule is C[N+](C)(C)CC(O)Cc1cc(F)ccc1O. The van der Waals surface area contributed by atoms with Crippen molar-refractivity contribution < 1.29 is 19.1 Å². The van der Waals surface area contributed by atoms with E-state index >= 15 is 0 Å². The van der Waals surface area contributed by atoms with Crippen LogP contribution in [-0.2, 0) is 6.42 Å². The zero-order valence-electron chi connectivity index (χ0n) is 9.94. The molecular weight excluding hydrogens is 209 g/mol. The quantitative estimate of drug-likeness (QED) is 0.759. The molecule has 0 aromatic heterocycles. The van der Waals surface area contributed by atoms with Crippen LogP contribution in [0.1, 0.15) is 5.56 Å². The Morgan fingerprint density at radius 3 is 2.50 bits per heavy atom. The predicted molar refractivity (Wildman–Crippen MR) is 60.7 cm³/mol. The first-order chi connectivity index (χ1) is 7.28. The largest absolute Gasteiger partial charge is 0.508 e. The molecule has 2 N–H and O–H groups in total. The number of likely N-dealkylation sites (N-methyl/N-ethyl adjacent to an activating group) is 1. The zero-order valence-corrected chi connectivity index (χ0v) is 9.94. The molecule has 0 aliphatic rings. The highest BCUT2D eigenvalue weighted by molar-refractivity contribution is 5.32. The van der Waals surface area contributed by atoms with E-state index in [4.69, 9.17) is 0 Å². The van der Waals surface area contributed by atoms with Crippen molar-refractivity contribution in [2.75, 3.05) is 27.7 Å². The van der Waals surface area contributed by atoms with E-state index in [1.807, 2.05) is 21.1 Å². The normalized spacial score (nSPS) is 13.8. The highest BCUT2D eigenvalue weighted by atomic mass is 19.1. The van der Waals surface area contributed by atoms with Crippen LogP contribution in [-0.4, -0.2) is 48.5 Å². The molecule has 0 amide bonds. The van der Waals surface area contributed by atoms with Gasteiger partial charge in [0.05, 0.1) is 21.1 Å². The van der Waals surface area contributed by atoms with Gasteiger partial charge in [0.2, 0.25) is 0 Å². The van der Waals surface area contributed by atoms with E-state index < -0.39 is 11.9 Å². The molecule has 0 radical (unpaired) electrons. The minimum Gasteiger partial charge on any atom is -0.508 e. The van der Waals surface area contributed by atoms with Crippen LogP contribution in [0.15, 0.2) is 18.2 Å². The predicted octanol–water partition coefficient (Wildman–Crippen LogP) is 1.14. The lowest BCUT2D eigenvalue weighted by atomic mass is 10.1. The van der Waals surface area contributed by atoms with Gasteiger partial charge in [-0.2, -0.15) is 0 Å². The van der Waals surface area contributed by atoms with Crippen LogP contribution in [0.3, 0.4) is 0 Å². The van der Waals surface area contributed by atoms with Gasteiger partial charge in [0.1, 0.15) is 24.2 Å². The molecule has 1 aromatic carbocycles. The molecule has 4 heteroatoms. The van der Waals surface area contributed by atoms with Crippen LogP contribution in [0.2, 0.25) is 0 Å². The fourth-order valence-electron chi connectivity index (χ4n) is 1.67. The highest BCUT2D eigenvalue weighted by Gasteiger charge is 2.17. The molecule has 0 aliphatic heterocycles. The van der Waals surface area contributed by atoms with E-state index in [0.717, 1.165) is 0 Å². The molecule has 1 aromatic rings. The third-order valence-electron chi connectivity index (χ3n) is 2.26. The molecule has 1 atom stereocenters. The van der Waals surface area contributed by atoms with Crippen molar-refractivity contribution in [3.8, 4) is 5.75 Å². The molecule has 90 valence electrons. The molecule has 0 heterocycles. The van der Waals surface area contributed by atoms with Gasteiger partial charge in [0.15, 0.2) is 0 Å². The first-order valence-electron chi connectivity index (χ1n) is 5.24. The fourth-order valence-corrected chi connectivity index (χ4v) is 1.67. The standard InChI is InChI=1S/C12H18FNO2/c1-14(2,3)8-11(15)7-9-6-10(13)4-5-12(9)16/h4-6,11,15H,7-8H2,1-3H3/p+1. The van der Waals surface area contributed by atoms with Crippen molar-refractivity contribution in [2.24, 2.45) is 0 Å². The molecule has 0 fully saturated rings. The lowest BCUT2D eigenvalue weighted by Gasteiger charge is -2.26. The van der Waals surface area contributed by atoms with Gasteiger partial charge in [0.25, 0.3) is 0 Å². The van der Waals surface area contributed by atoms with Crippen LogP contribution in [0.5, 0.6) is 5.75 Å². The maximum atomic E-state index is 12.9. The minimum atomic E-state index is -0.590. The Labute approximate surface area is 95.3 Å². The summed E-state index contributed by atoms with van der Waals surface area (Å²) in [5, 5.41) is 19.3. The summed E-state index contributed by atoms with van der Waals surface area (Å²) in [4.78, 5) is 0. The number of quaternary nitrogens is 1. The average Bonchev–Trinajstić information content (AvgIpc) is 2.08. The van der Waals surface area contributed by atoms with E-state index in [2.05, 4.69) is 0 Å². The average molecular weight is 228 g/mol. The smallest absolute Gasteiger partial charge is 0.123 e. The molecule has 1 rings (SSSR count). The van der Waals surface area contributed by atoms with Crippen molar-refractivity contribution in [3.05, 3.63) is 29.6 Å². The molecular formula is C12H19FNO2+. The maximum absolute atomic E-state index is 12.9. The van der Waals surface area contributed by atoms with Crippen LogP contribution >= 0.6 is 0 Å². The Kier molecular flexibility index (Phi) is 3.88. The molecule has 0 spiro atoms. The number of rotatable bonds is 4. The number of aliphatic hydroxyl groups excluding tert-OH is 1. The monoisotopic (exact) mass is 228 g/mol. The molecule has 0 saturated heterocycles. The van der Waals surface area contributed by atoms with Crippen LogP contribution in [0.4, 0.5) is 4.39 Å². The number of hydrogen-bond acceptors (Lipinski definition) is 2. The van der Waals surface area contributed by atoms with Gasteiger partial charge in [0, 0.05) is 6.42 Å². The lowest BCUT2D eigenvalue weighted by Crippen LogP contribution is -2.42. The number of nitrogens with zero attached hydrogens (tertiary/aromatic N) is 1. The van der Waals surface area contributed by atoms with Crippen LogP contribution < -0.4 is 0 Å². The summed E-state index contributed by atoms with van der Waals surface area (Å²) in [6.45, 7) is 0.552. The number of benzene rings is 1. The van der Waals surface area contributed by atoms with Gasteiger partial charge in [-0.05, 0) is 23.8 Å². The lowest BCUT2D eigenvalue weighted by molar-refractivity contribution is -0.873. The van der Waals surface area contributed by atoms with Gasteiger partial charge in [-0.25, -0.2) is 4.39 Å². The van der Waals surface area contributed by atoms with Crippen molar-refractivity contribution in [3.63, 3.8) is 0 Å². The summed E-state index contributed by atoms with van der Waals surface area (Å²) in [5.74, 6) is -0.368. The molecule has 0 bridgehead atoms. The van der Waals surface area contributed by atoms with Gasteiger partial charge >= 0.3 is 0 Å². The van der Waals surface area contributed by atoms with E-state index in [1.54, 1.807) is 0 Å². The van der Waals surface area contributed by atoms with E-state index in [1.165, 1.54) is 18.2 Å². The topological polar surface area (TPSA) is 40.5 Å². The number of aliphatic hydroxyl groups is 1. The summed E-state index contributed by atoms with van der Waals surface area (Å²) in [5.41, 5.74) is 0.445. The Morgan fingerprint density at radius 1 is 1.31 bits per heavy atom. The number of aromatic hydroxyl groups is 1. The summed E-state index contributed by atoms with van der Waals surface area (Å²) in [7, 11) is 5.90. The third-order valence-corrected chi connectivity index (χ3v) is 2.26. The Bertz CT molecular complexity index is 361. The van der Waals surface area contributed by atoms with Gasteiger partial charge in [-0.3, -0.25) is 0 Å². The second-order valence-corrected chi connectivity index (χ2v) is 5.10. The number of hydrogen-bond donors (Lipinski definition) is 2. The number of halogens is 1. The van der Waals surface area contributed by atoms with E-state index in [-0.39, 0.29) is 12.2 Å². The number of phenolic OH excluding ortho intramolecular Hbond substituents is 1. The molecule has 16 heavy (non-hydrogen) atoms. The summed E-state index contributed by atoms with van der Waals surface area (Å²) < 4.78 is 13.6. The molecule has 0 saturated carbocycles. The zero-order chi connectivity index (χ0) is 12.3. The fraction of sp³-hybridized carbons (Fsp3) is 0.500.